The summed E-state index contributed by atoms with van der Waals surface area (Å²) in [6.45, 7) is 2.23. The molecular formula is C16H22N2O3. The van der Waals surface area contributed by atoms with Gasteiger partial charge >= 0.3 is 12.0 Å². The maximum absolute atomic E-state index is 12.2. The minimum atomic E-state index is -0.971. The van der Waals surface area contributed by atoms with Gasteiger partial charge in [0.05, 0.1) is 0 Å². The van der Waals surface area contributed by atoms with E-state index in [1.807, 2.05) is 37.3 Å². The average Bonchev–Trinajstić information content (AvgIpc) is 3.22. The second kappa shape index (κ2) is 7.11. The number of nitrogens with one attached hydrogen (secondary N) is 1. The van der Waals surface area contributed by atoms with Gasteiger partial charge in [0, 0.05) is 12.6 Å². The first kappa shape index (κ1) is 15.4. The second-order valence-corrected chi connectivity index (χ2v) is 5.76. The van der Waals surface area contributed by atoms with E-state index in [1.165, 1.54) is 4.90 Å². The summed E-state index contributed by atoms with van der Waals surface area (Å²) in [5.41, 5.74) is 1.15. The average molecular weight is 290 g/mol. The van der Waals surface area contributed by atoms with Crippen LogP contribution >= 0.6 is 0 Å². The molecule has 5 heteroatoms. The number of carboxylic acids is 1. The Hall–Kier alpha value is -2.04. The Morgan fingerprint density at radius 2 is 2.00 bits per heavy atom. The lowest BCUT2D eigenvalue weighted by Gasteiger charge is -2.23. The summed E-state index contributed by atoms with van der Waals surface area (Å²) < 4.78 is 0. The maximum atomic E-state index is 12.2. The molecule has 1 fully saturated rings. The van der Waals surface area contributed by atoms with Gasteiger partial charge in [-0.2, -0.15) is 0 Å². The molecule has 2 amide bonds. The van der Waals surface area contributed by atoms with E-state index in [4.69, 9.17) is 5.11 Å². The normalized spacial score (nSPS) is 15.3. The molecular weight excluding hydrogens is 268 g/mol. The smallest absolute Gasteiger partial charge is 0.323 e. The molecule has 1 aromatic rings. The van der Waals surface area contributed by atoms with Crippen molar-refractivity contribution in [2.24, 2.45) is 5.92 Å². The van der Waals surface area contributed by atoms with Crippen LogP contribution in [0.25, 0.3) is 0 Å². The Morgan fingerprint density at radius 3 is 2.57 bits per heavy atom. The first-order valence-electron chi connectivity index (χ1n) is 7.35. The van der Waals surface area contributed by atoms with Gasteiger partial charge in [0.1, 0.15) is 6.54 Å². The van der Waals surface area contributed by atoms with Crippen LogP contribution < -0.4 is 5.32 Å². The number of carboxylic acid groups (broad SMARTS) is 1. The Labute approximate surface area is 125 Å². The van der Waals surface area contributed by atoms with Crippen molar-refractivity contribution in [3.63, 3.8) is 0 Å². The molecule has 1 atom stereocenters. The summed E-state index contributed by atoms with van der Waals surface area (Å²) in [6, 6.07) is 9.60. The largest absolute Gasteiger partial charge is 0.480 e. The fourth-order valence-corrected chi connectivity index (χ4v) is 2.32. The van der Waals surface area contributed by atoms with Crippen LogP contribution in [-0.4, -0.2) is 41.1 Å². The molecule has 0 aromatic heterocycles. The Kier molecular flexibility index (Phi) is 5.20. The number of hydrogen-bond acceptors (Lipinski definition) is 2. The zero-order chi connectivity index (χ0) is 15.2. The number of nitrogens with zero attached hydrogens (tertiary/aromatic N) is 1. The highest BCUT2D eigenvalue weighted by molar-refractivity contribution is 5.80. The van der Waals surface area contributed by atoms with E-state index in [9.17, 15) is 9.59 Å². The third-order valence-corrected chi connectivity index (χ3v) is 3.54. The molecule has 1 aromatic carbocycles. The van der Waals surface area contributed by atoms with Crippen molar-refractivity contribution in [1.29, 1.82) is 0 Å². The monoisotopic (exact) mass is 290 g/mol. The number of aliphatic carboxylic acids is 1. The highest BCUT2D eigenvalue weighted by atomic mass is 16.4. The van der Waals surface area contributed by atoms with Gasteiger partial charge in [0.2, 0.25) is 0 Å². The van der Waals surface area contributed by atoms with E-state index in [0.29, 0.717) is 12.5 Å². The number of benzene rings is 1. The van der Waals surface area contributed by atoms with E-state index >= 15 is 0 Å². The minimum absolute atomic E-state index is 0.0320. The van der Waals surface area contributed by atoms with Gasteiger partial charge in [-0.05, 0) is 37.7 Å². The lowest BCUT2D eigenvalue weighted by Crippen LogP contribution is -2.47. The molecule has 0 bridgehead atoms. The lowest BCUT2D eigenvalue weighted by molar-refractivity contribution is -0.137. The Morgan fingerprint density at radius 1 is 1.33 bits per heavy atom. The molecule has 21 heavy (non-hydrogen) atoms. The van der Waals surface area contributed by atoms with Crippen LogP contribution in [0.15, 0.2) is 30.3 Å². The molecule has 0 saturated heterocycles. The Balaban J connectivity index is 1.86. The number of urea groups is 1. The fraction of sp³-hybridized carbons (Fsp3) is 0.500. The van der Waals surface area contributed by atoms with Gasteiger partial charge < -0.3 is 15.3 Å². The van der Waals surface area contributed by atoms with Crippen LogP contribution in [0.2, 0.25) is 0 Å². The Bertz CT molecular complexity index is 486. The van der Waals surface area contributed by atoms with Crippen LogP contribution in [0.3, 0.4) is 0 Å². The fourth-order valence-electron chi connectivity index (χ4n) is 2.32. The lowest BCUT2D eigenvalue weighted by atomic mass is 10.1. The standard InChI is InChI=1S/C16H22N2O3/c1-12(9-13-5-3-2-4-6-13)17-16(21)18(11-15(19)20)10-14-7-8-14/h2-6,12,14H,7-11H2,1H3,(H,17,21)(H,19,20). The predicted octanol–water partition coefficient (Wildman–Crippen LogP) is 2.12. The molecule has 0 heterocycles. The summed E-state index contributed by atoms with van der Waals surface area (Å²) in [5, 5.41) is 11.8. The summed E-state index contributed by atoms with van der Waals surface area (Å²) >= 11 is 0. The summed E-state index contributed by atoms with van der Waals surface area (Å²) in [4.78, 5) is 24.5. The zero-order valence-electron chi connectivity index (χ0n) is 12.3. The van der Waals surface area contributed by atoms with Crippen LogP contribution in [0.5, 0.6) is 0 Å². The van der Waals surface area contributed by atoms with E-state index < -0.39 is 5.97 Å². The molecule has 0 aliphatic heterocycles. The molecule has 1 saturated carbocycles. The van der Waals surface area contributed by atoms with Gasteiger partial charge in [-0.25, -0.2) is 4.79 Å². The highest BCUT2D eigenvalue weighted by Gasteiger charge is 2.28. The van der Waals surface area contributed by atoms with Gasteiger partial charge in [0.15, 0.2) is 0 Å². The highest BCUT2D eigenvalue weighted by Crippen LogP contribution is 2.29. The van der Waals surface area contributed by atoms with Gasteiger partial charge in [-0.1, -0.05) is 30.3 Å². The zero-order valence-corrected chi connectivity index (χ0v) is 12.3. The van der Waals surface area contributed by atoms with Crippen molar-refractivity contribution < 1.29 is 14.7 Å². The minimum Gasteiger partial charge on any atom is -0.480 e. The molecule has 2 rings (SSSR count). The first-order valence-corrected chi connectivity index (χ1v) is 7.35. The summed E-state index contributed by atoms with van der Waals surface area (Å²) in [6.07, 6.45) is 2.91. The van der Waals surface area contributed by atoms with Crippen LogP contribution in [0.4, 0.5) is 4.79 Å². The van der Waals surface area contributed by atoms with Crippen LogP contribution in [-0.2, 0) is 11.2 Å². The number of hydrogen-bond donors (Lipinski definition) is 2. The number of carbonyl (C=O) groups excluding carboxylic acids is 1. The number of rotatable bonds is 7. The predicted molar refractivity (Wildman–Crippen MR) is 80.1 cm³/mol. The van der Waals surface area contributed by atoms with Crippen molar-refractivity contribution >= 4 is 12.0 Å². The third-order valence-electron chi connectivity index (χ3n) is 3.54. The summed E-state index contributed by atoms with van der Waals surface area (Å²) in [5.74, 6) is -0.499. The summed E-state index contributed by atoms with van der Waals surface area (Å²) in [7, 11) is 0. The molecule has 0 radical (unpaired) electrons. The third kappa shape index (κ3) is 5.45. The molecule has 5 nitrogen and oxygen atoms in total. The molecule has 2 N–H and O–H groups in total. The van der Waals surface area contributed by atoms with E-state index in [0.717, 1.165) is 24.8 Å². The van der Waals surface area contributed by atoms with Crippen LogP contribution in [0.1, 0.15) is 25.3 Å². The van der Waals surface area contributed by atoms with Gasteiger partial charge in [-0.15, -0.1) is 0 Å². The molecule has 1 aliphatic rings. The number of amides is 2. The van der Waals surface area contributed by atoms with Crippen molar-refractivity contribution in [3.05, 3.63) is 35.9 Å². The van der Waals surface area contributed by atoms with Gasteiger partial charge in [0.25, 0.3) is 0 Å². The van der Waals surface area contributed by atoms with Crippen molar-refractivity contribution in [2.45, 2.75) is 32.2 Å². The topological polar surface area (TPSA) is 69.6 Å². The second-order valence-electron chi connectivity index (χ2n) is 5.76. The van der Waals surface area contributed by atoms with Crippen LogP contribution in [0, 0.1) is 5.92 Å². The quantitative estimate of drug-likeness (QED) is 0.808. The molecule has 0 spiro atoms. The van der Waals surface area contributed by atoms with Crippen molar-refractivity contribution in [1.82, 2.24) is 10.2 Å². The van der Waals surface area contributed by atoms with Crippen molar-refractivity contribution in [3.8, 4) is 0 Å². The van der Waals surface area contributed by atoms with Crippen molar-refractivity contribution in [2.75, 3.05) is 13.1 Å². The SMILES string of the molecule is CC(Cc1ccccc1)NC(=O)N(CC(=O)O)CC1CC1. The molecule has 1 unspecified atom stereocenters. The maximum Gasteiger partial charge on any atom is 0.323 e. The van der Waals surface area contributed by atoms with E-state index in [2.05, 4.69) is 5.32 Å². The van der Waals surface area contributed by atoms with Gasteiger partial charge in [-0.3, -0.25) is 4.79 Å². The number of carbonyl (C=O) groups is 2. The van der Waals surface area contributed by atoms with E-state index in [-0.39, 0.29) is 18.6 Å². The van der Waals surface area contributed by atoms with E-state index in [1.54, 1.807) is 0 Å². The molecule has 1 aliphatic carbocycles. The first-order chi connectivity index (χ1) is 10.0. The molecule has 114 valence electrons.